The first kappa shape index (κ1) is 10.1. The number of hydrogen-bond donors (Lipinski definition) is 1. The standard InChI is InChI=1S/C11H9BrFNO2/c12-7-1-2-9(13)8(3-7)11-4-6(11)5-16-10(15)14-11/h1-3,6H,4-5H2,(H,14,15). The lowest BCUT2D eigenvalue weighted by molar-refractivity contribution is 0.111. The van der Waals surface area contributed by atoms with E-state index < -0.39 is 11.6 Å². The number of benzene rings is 1. The van der Waals surface area contributed by atoms with Gasteiger partial charge in [0.15, 0.2) is 0 Å². The second-order valence-electron chi connectivity index (χ2n) is 4.22. The van der Waals surface area contributed by atoms with Gasteiger partial charge in [-0.1, -0.05) is 15.9 Å². The van der Waals surface area contributed by atoms with Gasteiger partial charge in [0.1, 0.15) is 5.82 Å². The quantitative estimate of drug-likeness (QED) is 0.861. The van der Waals surface area contributed by atoms with Gasteiger partial charge in [-0.2, -0.15) is 0 Å². The largest absolute Gasteiger partial charge is 0.449 e. The minimum atomic E-state index is -0.538. The van der Waals surface area contributed by atoms with E-state index in [9.17, 15) is 9.18 Å². The molecule has 0 bridgehead atoms. The minimum absolute atomic E-state index is 0.189. The van der Waals surface area contributed by atoms with E-state index in [1.165, 1.54) is 6.07 Å². The maximum atomic E-state index is 13.7. The van der Waals surface area contributed by atoms with Crippen molar-refractivity contribution in [3.05, 3.63) is 34.1 Å². The lowest BCUT2D eigenvalue weighted by Crippen LogP contribution is -2.42. The molecule has 1 aliphatic carbocycles. The molecule has 1 heterocycles. The van der Waals surface area contributed by atoms with E-state index in [0.717, 1.165) is 10.9 Å². The maximum absolute atomic E-state index is 13.7. The average molecular weight is 286 g/mol. The molecule has 0 aromatic heterocycles. The van der Waals surface area contributed by atoms with Crippen LogP contribution in [0.15, 0.2) is 22.7 Å². The number of rotatable bonds is 1. The molecule has 1 aromatic rings. The Morgan fingerprint density at radius 2 is 2.38 bits per heavy atom. The number of fused-ring (bicyclic) bond motifs is 1. The summed E-state index contributed by atoms with van der Waals surface area (Å²) in [4.78, 5) is 11.2. The summed E-state index contributed by atoms with van der Waals surface area (Å²) in [5.74, 6) is -0.0955. The van der Waals surface area contributed by atoms with Gasteiger partial charge in [0.2, 0.25) is 0 Å². The molecule has 2 atom stereocenters. The van der Waals surface area contributed by atoms with Crippen LogP contribution in [0.3, 0.4) is 0 Å². The molecule has 16 heavy (non-hydrogen) atoms. The van der Waals surface area contributed by atoms with Crippen LogP contribution >= 0.6 is 15.9 Å². The number of hydrogen-bond acceptors (Lipinski definition) is 2. The number of alkyl carbamates (subject to hydrolysis) is 1. The Morgan fingerprint density at radius 1 is 1.56 bits per heavy atom. The fourth-order valence-electron chi connectivity index (χ4n) is 2.32. The average Bonchev–Trinajstić information content (AvgIpc) is 2.96. The third-order valence-corrected chi connectivity index (χ3v) is 3.75. The third kappa shape index (κ3) is 1.34. The Labute approximate surface area is 100 Å². The molecule has 1 amide bonds. The molecule has 1 aliphatic heterocycles. The highest BCUT2D eigenvalue weighted by Crippen LogP contribution is 2.54. The van der Waals surface area contributed by atoms with Gasteiger partial charge in [0, 0.05) is 16.0 Å². The lowest BCUT2D eigenvalue weighted by atomic mass is 10.0. The second-order valence-corrected chi connectivity index (χ2v) is 5.14. The highest BCUT2D eigenvalue weighted by Gasteiger charge is 2.60. The topological polar surface area (TPSA) is 38.3 Å². The highest BCUT2D eigenvalue weighted by molar-refractivity contribution is 9.10. The molecule has 2 unspecified atom stereocenters. The summed E-state index contributed by atoms with van der Waals surface area (Å²) < 4.78 is 19.4. The van der Waals surface area contributed by atoms with E-state index in [4.69, 9.17) is 4.74 Å². The molecule has 1 N–H and O–H groups in total. The molecule has 5 heteroatoms. The zero-order valence-corrected chi connectivity index (χ0v) is 9.88. The summed E-state index contributed by atoms with van der Waals surface area (Å²) >= 11 is 3.31. The monoisotopic (exact) mass is 285 g/mol. The zero-order chi connectivity index (χ0) is 11.3. The van der Waals surface area contributed by atoms with Crippen LogP contribution in [-0.2, 0) is 10.3 Å². The van der Waals surface area contributed by atoms with Crippen molar-refractivity contribution in [1.82, 2.24) is 5.32 Å². The van der Waals surface area contributed by atoms with Crippen LogP contribution in [0.25, 0.3) is 0 Å². The SMILES string of the molecule is O=C1NC2(c3cc(Br)ccc3F)CC2CO1. The minimum Gasteiger partial charge on any atom is -0.449 e. The Balaban J connectivity index is 2.04. The number of ether oxygens (including phenoxy) is 1. The van der Waals surface area contributed by atoms with Crippen LogP contribution in [-0.4, -0.2) is 12.7 Å². The van der Waals surface area contributed by atoms with E-state index in [-0.39, 0.29) is 11.7 Å². The number of halogens is 2. The van der Waals surface area contributed by atoms with Gasteiger partial charge in [0.25, 0.3) is 0 Å². The molecule has 84 valence electrons. The molecule has 0 spiro atoms. The normalized spacial score (nSPS) is 31.4. The predicted octanol–water partition coefficient (Wildman–Crippen LogP) is 2.54. The molecular weight excluding hydrogens is 277 g/mol. The smallest absolute Gasteiger partial charge is 0.407 e. The van der Waals surface area contributed by atoms with Crippen molar-refractivity contribution in [3.63, 3.8) is 0 Å². The van der Waals surface area contributed by atoms with Gasteiger partial charge in [-0.05, 0) is 24.6 Å². The maximum Gasteiger partial charge on any atom is 0.407 e. The number of amides is 1. The molecule has 0 radical (unpaired) electrons. The highest BCUT2D eigenvalue weighted by atomic mass is 79.9. The summed E-state index contributed by atoms with van der Waals surface area (Å²) in [5.41, 5.74) is 0.00644. The summed E-state index contributed by atoms with van der Waals surface area (Å²) in [5, 5.41) is 2.73. The summed E-state index contributed by atoms with van der Waals surface area (Å²) in [6, 6.07) is 4.78. The van der Waals surface area contributed by atoms with E-state index in [0.29, 0.717) is 12.2 Å². The van der Waals surface area contributed by atoms with Crippen LogP contribution in [0.1, 0.15) is 12.0 Å². The summed E-state index contributed by atoms with van der Waals surface area (Å²) in [6.07, 6.45) is 0.277. The van der Waals surface area contributed by atoms with Crippen LogP contribution in [0.5, 0.6) is 0 Å². The van der Waals surface area contributed by atoms with E-state index in [1.54, 1.807) is 12.1 Å². The first-order valence-corrected chi connectivity index (χ1v) is 5.81. The van der Waals surface area contributed by atoms with Crippen molar-refractivity contribution in [2.75, 3.05) is 6.61 Å². The third-order valence-electron chi connectivity index (χ3n) is 3.25. The summed E-state index contributed by atoms with van der Waals surface area (Å²) in [6.45, 7) is 0.373. The van der Waals surface area contributed by atoms with Crippen LogP contribution in [0, 0.1) is 11.7 Å². The van der Waals surface area contributed by atoms with Crippen molar-refractivity contribution in [2.45, 2.75) is 12.0 Å². The number of carbonyl (C=O) groups excluding carboxylic acids is 1. The van der Waals surface area contributed by atoms with Crippen molar-refractivity contribution in [3.8, 4) is 0 Å². The van der Waals surface area contributed by atoms with E-state index in [2.05, 4.69) is 21.2 Å². The lowest BCUT2D eigenvalue weighted by Gasteiger charge is -2.24. The van der Waals surface area contributed by atoms with E-state index in [1.807, 2.05) is 0 Å². The Hall–Kier alpha value is -1.10. The van der Waals surface area contributed by atoms with Gasteiger partial charge in [-0.3, -0.25) is 0 Å². The molecule has 2 fully saturated rings. The van der Waals surface area contributed by atoms with Gasteiger partial charge < -0.3 is 10.1 Å². The Morgan fingerprint density at radius 3 is 3.19 bits per heavy atom. The van der Waals surface area contributed by atoms with E-state index >= 15 is 0 Å². The van der Waals surface area contributed by atoms with Gasteiger partial charge >= 0.3 is 6.09 Å². The fraction of sp³-hybridized carbons (Fsp3) is 0.364. The molecule has 1 saturated heterocycles. The van der Waals surface area contributed by atoms with Crippen LogP contribution < -0.4 is 5.32 Å². The van der Waals surface area contributed by atoms with Gasteiger partial charge in [-0.25, -0.2) is 9.18 Å². The Kier molecular flexibility index (Phi) is 2.01. The zero-order valence-electron chi connectivity index (χ0n) is 8.30. The van der Waals surface area contributed by atoms with Crippen LogP contribution in [0.2, 0.25) is 0 Å². The summed E-state index contributed by atoms with van der Waals surface area (Å²) in [7, 11) is 0. The van der Waals surface area contributed by atoms with Gasteiger partial charge in [-0.15, -0.1) is 0 Å². The number of nitrogens with one attached hydrogen (secondary N) is 1. The molecule has 3 rings (SSSR count). The number of cyclic esters (lactones) is 1. The van der Waals surface area contributed by atoms with Crippen molar-refractivity contribution < 1.29 is 13.9 Å². The first-order valence-electron chi connectivity index (χ1n) is 5.02. The van der Waals surface area contributed by atoms with Crippen molar-refractivity contribution in [2.24, 2.45) is 5.92 Å². The predicted molar refractivity (Wildman–Crippen MR) is 58.4 cm³/mol. The molecule has 1 saturated carbocycles. The first-order chi connectivity index (χ1) is 7.62. The fourth-order valence-corrected chi connectivity index (χ4v) is 2.68. The van der Waals surface area contributed by atoms with Crippen LogP contribution in [0.4, 0.5) is 9.18 Å². The molecule has 2 aliphatic rings. The van der Waals surface area contributed by atoms with Gasteiger partial charge in [0.05, 0.1) is 12.1 Å². The second kappa shape index (κ2) is 3.20. The molecular formula is C11H9BrFNO2. The number of carbonyl (C=O) groups is 1. The molecule has 1 aromatic carbocycles. The van der Waals surface area contributed by atoms with Crippen molar-refractivity contribution >= 4 is 22.0 Å². The Bertz CT molecular complexity index is 479. The van der Waals surface area contributed by atoms with Crippen molar-refractivity contribution in [1.29, 1.82) is 0 Å². The molecule has 3 nitrogen and oxygen atoms in total.